The van der Waals surface area contributed by atoms with Crippen LogP contribution in [0.15, 0.2) is 35.6 Å². The molecule has 14 heavy (non-hydrogen) atoms. The van der Waals surface area contributed by atoms with Crippen molar-refractivity contribution in [3.8, 4) is 0 Å². The molecule has 2 aliphatic rings. The summed E-state index contributed by atoms with van der Waals surface area (Å²) in [6, 6.07) is 0. The molecule has 0 saturated heterocycles. The zero-order chi connectivity index (χ0) is 10.3. The molecule has 2 unspecified atom stereocenters. The maximum atomic E-state index is 9.89. The summed E-state index contributed by atoms with van der Waals surface area (Å²) < 4.78 is 0. The zero-order valence-electron chi connectivity index (χ0n) is 9.12. The summed E-state index contributed by atoms with van der Waals surface area (Å²) in [5.74, 6) is 1.31. The summed E-state index contributed by atoms with van der Waals surface area (Å²) in [5, 5.41) is 9.89. The normalized spacial score (nSPS) is 31.1. The first kappa shape index (κ1) is 9.57. The number of aliphatic hydroxyl groups excluding tert-OH is 1. The predicted octanol–water partition coefficient (Wildman–Crippen LogP) is 3.61. The van der Waals surface area contributed by atoms with E-state index < -0.39 is 0 Å². The fourth-order valence-corrected chi connectivity index (χ4v) is 2.15. The van der Waals surface area contributed by atoms with E-state index in [0.29, 0.717) is 17.6 Å². The molecule has 0 saturated carbocycles. The van der Waals surface area contributed by atoms with Crippen molar-refractivity contribution >= 4 is 0 Å². The first-order chi connectivity index (χ1) is 6.48. The Kier molecular flexibility index (Phi) is 2.06. The lowest BCUT2D eigenvalue weighted by Gasteiger charge is -2.28. The van der Waals surface area contributed by atoms with Crippen molar-refractivity contribution in [2.24, 2.45) is 17.3 Å². The van der Waals surface area contributed by atoms with Crippen LogP contribution in [0.5, 0.6) is 0 Å². The Morgan fingerprint density at radius 3 is 2.71 bits per heavy atom. The molecule has 2 aliphatic carbocycles. The number of rotatable bonds is 0. The van der Waals surface area contributed by atoms with Crippen LogP contribution in [0.3, 0.4) is 0 Å². The maximum absolute atomic E-state index is 9.89. The molecule has 0 aromatic heterocycles. The number of aliphatic hydroxyl groups is 1. The monoisotopic (exact) mass is 190 g/mol. The third kappa shape index (κ3) is 1.52. The van der Waals surface area contributed by atoms with Crippen molar-refractivity contribution in [3.63, 3.8) is 0 Å². The van der Waals surface area contributed by atoms with Crippen molar-refractivity contribution < 1.29 is 5.11 Å². The van der Waals surface area contributed by atoms with Gasteiger partial charge in [0.15, 0.2) is 0 Å². The number of hydrogen-bond donors (Lipinski definition) is 1. The Balaban J connectivity index is 2.33. The SMILES string of the molecule is CC(C)(C)C1=CC2C=CCC2C(O)=C1. The largest absolute Gasteiger partial charge is 0.512 e. The van der Waals surface area contributed by atoms with Gasteiger partial charge in [-0.05, 0) is 23.5 Å². The van der Waals surface area contributed by atoms with E-state index in [9.17, 15) is 5.11 Å². The fraction of sp³-hybridized carbons (Fsp3) is 0.538. The highest BCUT2D eigenvalue weighted by Gasteiger charge is 2.30. The summed E-state index contributed by atoms with van der Waals surface area (Å²) in [7, 11) is 0. The van der Waals surface area contributed by atoms with Gasteiger partial charge in [0.2, 0.25) is 0 Å². The van der Waals surface area contributed by atoms with E-state index in [-0.39, 0.29) is 5.41 Å². The van der Waals surface area contributed by atoms with E-state index in [1.165, 1.54) is 5.57 Å². The molecule has 0 aromatic rings. The van der Waals surface area contributed by atoms with E-state index in [4.69, 9.17) is 0 Å². The smallest absolute Gasteiger partial charge is 0.0968 e. The molecule has 0 amide bonds. The Morgan fingerprint density at radius 1 is 1.36 bits per heavy atom. The molecule has 1 N–H and O–H groups in total. The van der Waals surface area contributed by atoms with E-state index in [1.54, 1.807) is 0 Å². The molecule has 0 spiro atoms. The zero-order valence-corrected chi connectivity index (χ0v) is 9.12. The van der Waals surface area contributed by atoms with Gasteiger partial charge in [-0.2, -0.15) is 0 Å². The van der Waals surface area contributed by atoms with Crippen LogP contribution >= 0.6 is 0 Å². The van der Waals surface area contributed by atoms with Crippen molar-refractivity contribution in [2.75, 3.05) is 0 Å². The van der Waals surface area contributed by atoms with Crippen LogP contribution in [0, 0.1) is 17.3 Å². The maximum Gasteiger partial charge on any atom is 0.0968 e. The lowest BCUT2D eigenvalue weighted by atomic mass is 9.77. The third-order valence-electron chi connectivity index (χ3n) is 3.13. The molecule has 0 aliphatic heterocycles. The minimum absolute atomic E-state index is 0.134. The molecule has 1 nitrogen and oxygen atoms in total. The van der Waals surface area contributed by atoms with E-state index in [1.807, 2.05) is 6.08 Å². The molecule has 0 aromatic carbocycles. The van der Waals surface area contributed by atoms with E-state index in [2.05, 4.69) is 39.0 Å². The minimum Gasteiger partial charge on any atom is -0.512 e. The fourth-order valence-electron chi connectivity index (χ4n) is 2.15. The first-order valence-corrected chi connectivity index (χ1v) is 5.28. The van der Waals surface area contributed by atoms with Crippen LogP contribution in [0.2, 0.25) is 0 Å². The minimum atomic E-state index is 0.134. The lowest BCUT2D eigenvalue weighted by molar-refractivity contribution is 0.305. The van der Waals surface area contributed by atoms with Gasteiger partial charge in [0, 0.05) is 11.8 Å². The van der Waals surface area contributed by atoms with Crippen LogP contribution in [0.25, 0.3) is 0 Å². The van der Waals surface area contributed by atoms with Gasteiger partial charge >= 0.3 is 0 Å². The second-order valence-corrected chi connectivity index (χ2v) is 5.29. The molecule has 76 valence electrons. The van der Waals surface area contributed by atoms with Gasteiger partial charge in [0.05, 0.1) is 5.76 Å². The first-order valence-electron chi connectivity index (χ1n) is 5.28. The van der Waals surface area contributed by atoms with Crippen molar-refractivity contribution in [1.82, 2.24) is 0 Å². The van der Waals surface area contributed by atoms with Gasteiger partial charge in [-0.1, -0.05) is 39.0 Å². The van der Waals surface area contributed by atoms with Gasteiger partial charge in [-0.15, -0.1) is 0 Å². The summed E-state index contributed by atoms with van der Waals surface area (Å²) in [6.45, 7) is 6.55. The molecule has 0 bridgehead atoms. The van der Waals surface area contributed by atoms with Crippen LogP contribution in [0.4, 0.5) is 0 Å². The highest BCUT2D eigenvalue weighted by Crippen LogP contribution is 2.40. The van der Waals surface area contributed by atoms with Crippen molar-refractivity contribution in [3.05, 3.63) is 35.6 Å². The van der Waals surface area contributed by atoms with Gasteiger partial charge in [-0.3, -0.25) is 0 Å². The van der Waals surface area contributed by atoms with Crippen molar-refractivity contribution in [1.29, 1.82) is 0 Å². The van der Waals surface area contributed by atoms with E-state index in [0.717, 1.165) is 6.42 Å². The molecular weight excluding hydrogens is 172 g/mol. The summed E-state index contributed by atoms with van der Waals surface area (Å²) in [4.78, 5) is 0. The average molecular weight is 190 g/mol. The molecule has 0 heterocycles. The molecule has 0 radical (unpaired) electrons. The Labute approximate surface area is 85.8 Å². The van der Waals surface area contributed by atoms with E-state index >= 15 is 0 Å². The molecular formula is C13H18O. The van der Waals surface area contributed by atoms with Crippen LogP contribution < -0.4 is 0 Å². The average Bonchev–Trinajstić information content (AvgIpc) is 2.50. The highest BCUT2D eigenvalue weighted by molar-refractivity contribution is 5.36. The standard InChI is InChI=1S/C13H18O/c1-13(2,3)10-7-9-5-4-6-11(9)12(14)8-10/h4-5,7-9,11,14H,6H2,1-3H3. The summed E-state index contributed by atoms with van der Waals surface area (Å²) in [5.41, 5.74) is 1.39. The molecule has 2 rings (SSSR count). The van der Waals surface area contributed by atoms with Gasteiger partial charge in [-0.25, -0.2) is 0 Å². The van der Waals surface area contributed by atoms with Crippen LogP contribution in [0.1, 0.15) is 27.2 Å². The molecule has 0 fully saturated rings. The predicted molar refractivity (Wildman–Crippen MR) is 59.0 cm³/mol. The summed E-state index contributed by atoms with van der Waals surface area (Å²) in [6.07, 6.45) is 9.62. The van der Waals surface area contributed by atoms with Gasteiger partial charge in [0.1, 0.15) is 0 Å². The second kappa shape index (κ2) is 3.01. The highest BCUT2D eigenvalue weighted by atomic mass is 16.3. The Morgan fingerprint density at radius 2 is 2.07 bits per heavy atom. The third-order valence-corrected chi connectivity index (χ3v) is 3.13. The Hall–Kier alpha value is -0.980. The Bertz CT molecular complexity index is 326. The topological polar surface area (TPSA) is 20.2 Å². The molecule has 2 atom stereocenters. The van der Waals surface area contributed by atoms with Crippen LogP contribution in [-0.4, -0.2) is 5.11 Å². The number of hydrogen-bond acceptors (Lipinski definition) is 1. The van der Waals surface area contributed by atoms with Gasteiger partial charge < -0.3 is 5.11 Å². The van der Waals surface area contributed by atoms with Gasteiger partial charge in [0.25, 0.3) is 0 Å². The molecule has 1 heteroatoms. The van der Waals surface area contributed by atoms with Crippen LogP contribution in [-0.2, 0) is 0 Å². The number of allylic oxidation sites excluding steroid dienone is 6. The quantitative estimate of drug-likeness (QED) is 0.578. The second-order valence-electron chi connectivity index (χ2n) is 5.29. The van der Waals surface area contributed by atoms with Crippen molar-refractivity contribution in [2.45, 2.75) is 27.2 Å². The lowest BCUT2D eigenvalue weighted by Crippen LogP contribution is -2.19. The number of fused-ring (bicyclic) bond motifs is 1. The summed E-state index contributed by atoms with van der Waals surface area (Å²) >= 11 is 0.